The number of hydrogen-bond acceptors (Lipinski definition) is 1. The molecule has 0 aromatic heterocycles. The number of hydrogen-bond donors (Lipinski definition) is 0. The summed E-state index contributed by atoms with van der Waals surface area (Å²) in [6.07, 6.45) is 5.42. The molecule has 1 heteroatoms. The Labute approximate surface area is 93.1 Å². The van der Waals surface area contributed by atoms with Crippen LogP contribution in [0.15, 0.2) is 30.3 Å². The summed E-state index contributed by atoms with van der Waals surface area (Å²) in [4.78, 5) is 2.38. The largest absolute Gasteiger partial charge is 0.306 e. The smallest absolute Gasteiger partial charge is 0.00896 e. The topological polar surface area (TPSA) is 3.24 Å². The number of benzene rings is 1. The zero-order chi connectivity index (χ0) is 10.7. The molecular weight excluding hydrogens is 182 g/mol. The molecule has 1 aliphatic rings. The molecule has 0 unspecified atom stereocenters. The van der Waals surface area contributed by atoms with Gasteiger partial charge in [-0.15, -0.1) is 0 Å². The fourth-order valence-electron chi connectivity index (χ4n) is 2.65. The lowest BCUT2D eigenvalue weighted by molar-refractivity contribution is 0.216. The molecule has 82 valence electrons. The van der Waals surface area contributed by atoms with Crippen molar-refractivity contribution in [3.8, 4) is 0 Å². The fourth-order valence-corrected chi connectivity index (χ4v) is 2.65. The van der Waals surface area contributed by atoms with E-state index in [0.717, 1.165) is 12.0 Å². The van der Waals surface area contributed by atoms with E-state index in [4.69, 9.17) is 0 Å². The molecule has 1 saturated carbocycles. The van der Waals surface area contributed by atoms with Gasteiger partial charge in [-0.05, 0) is 51.3 Å². The van der Waals surface area contributed by atoms with Crippen LogP contribution in [0.4, 0.5) is 0 Å². The zero-order valence-electron chi connectivity index (χ0n) is 9.82. The first-order chi connectivity index (χ1) is 7.27. The average molecular weight is 203 g/mol. The Bertz CT molecular complexity index is 283. The molecule has 1 aromatic carbocycles. The van der Waals surface area contributed by atoms with Crippen molar-refractivity contribution < 1.29 is 0 Å². The molecule has 15 heavy (non-hydrogen) atoms. The minimum atomic E-state index is 0.808. The molecule has 1 aromatic rings. The summed E-state index contributed by atoms with van der Waals surface area (Å²) in [7, 11) is 4.40. The van der Waals surface area contributed by atoms with Crippen LogP contribution in [-0.4, -0.2) is 25.0 Å². The van der Waals surface area contributed by atoms with E-state index < -0.39 is 0 Å². The van der Waals surface area contributed by atoms with Crippen LogP contribution >= 0.6 is 0 Å². The maximum Gasteiger partial charge on any atom is 0.00896 e. The van der Waals surface area contributed by atoms with Gasteiger partial charge in [0, 0.05) is 6.04 Å². The van der Waals surface area contributed by atoms with Crippen molar-refractivity contribution >= 4 is 0 Å². The van der Waals surface area contributed by atoms with Crippen LogP contribution in [0.1, 0.15) is 37.2 Å². The Morgan fingerprint density at radius 2 is 1.53 bits per heavy atom. The highest BCUT2D eigenvalue weighted by Gasteiger charge is 2.22. The van der Waals surface area contributed by atoms with Crippen LogP contribution in [0.2, 0.25) is 0 Å². The third-order valence-electron chi connectivity index (χ3n) is 3.70. The minimum absolute atomic E-state index is 0.808. The van der Waals surface area contributed by atoms with Crippen molar-refractivity contribution in [1.82, 2.24) is 4.90 Å². The molecule has 0 saturated heterocycles. The second-order valence-electron chi connectivity index (χ2n) is 4.88. The number of rotatable bonds is 2. The Morgan fingerprint density at radius 3 is 2.07 bits per heavy atom. The van der Waals surface area contributed by atoms with E-state index in [1.54, 1.807) is 0 Å². The van der Waals surface area contributed by atoms with Gasteiger partial charge in [-0.2, -0.15) is 0 Å². The van der Waals surface area contributed by atoms with Gasteiger partial charge in [-0.3, -0.25) is 0 Å². The van der Waals surface area contributed by atoms with Gasteiger partial charge in [0.15, 0.2) is 0 Å². The minimum Gasteiger partial charge on any atom is -0.306 e. The van der Waals surface area contributed by atoms with E-state index in [0.29, 0.717) is 0 Å². The second kappa shape index (κ2) is 4.80. The van der Waals surface area contributed by atoms with Crippen LogP contribution in [0.3, 0.4) is 0 Å². The second-order valence-corrected chi connectivity index (χ2v) is 4.88. The fraction of sp³-hybridized carbons (Fsp3) is 0.571. The summed E-state index contributed by atoms with van der Waals surface area (Å²) < 4.78 is 0. The van der Waals surface area contributed by atoms with Crippen LogP contribution in [0, 0.1) is 0 Å². The molecule has 0 aliphatic heterocycles. The molecule has 0 N–H and O–H groups in total. The first-order valence-electron chi connectivity index (χ1n) is 5.98. The van der Waals surface area contributed by atoms with Gasteiger partial charge in [0.25, 0.3) is 0 Å². The van der Waals surface area contributed by atoms with E-state index >= 15 is 0 Å². The lowest BCUT2D eigenvalue weighted by Gasteiger charge is -2.32. The molecule has 0 amide bonds. The third-order valence-corrected chi connectivity index (χ3v) is 3.70. The van der Waals surface area contributed by atoms with Crippen molar-refractivity contribution in [2.24, 2.45) is 0 Å². The van der Waals surface area contributed by atoms with Gasteiger partial charge in [-0.25, -0.2) is 0 Å². The molecule has 1 aliphatic carbocycles. The third kappa shape index (κ3) is 2.60. The molecule has 1 nitrogen and oxygen atoms in total. The highest BCUT2D eigenvalue weighted by molar-refractivity contribution is 5.20. The summed E-state index contributed by atoms with van der Waals surface area (Å²) in [5.74, 6) is 0.808. The van der Waals surface area contributed by atoms with Crippen molar-refractivity contribution in [1.29, 1.82) is 0 Å². The van der Waals surface area contributed by atoms with Crippen molar-refractivity contribution in [3.63, 3.8) is 0 Å². The van der Waals surface area contributed by atoms with Crippen LogP contribution in [0.5, 0.6) is 0 Å². The standard InChI is InChI=1S/C14H21N/c1-15(2)14-10-8-13(9-11-14)12-6-4-3-5-7-12/h3-7,13-14H,8-11H2,1-2H3. The Kier molecular flexibility index (Phi) is 3.42. The molecule has 0 bridgehead atoms. The van der Waals surface area contributed by atoms with E-state index in [-0.39, 0.29) is 0 Å². The van der Waals surface area contributed by atoms with E-state index in [1.807, 2.05) is 0 Å². The highest BCUT2D eigenvalue weighted by Crippen LogP contribution is 2.33. The lowest BCUT2D eigenvalue weighted by atomic mass is 9.81. The van der Waals surface area contributed by atoms with Crippen molar-refractivity contribution in [2.75, 3.05) is 14.1 Å². The maximum absolute atomic E-state index is 2.38. The van der Waals surface area contributed by atoms with Gasteiger partial charge < -0.3 is 4.90 Å². The Morgan fingerprint density at radius 1 is 0.933 bits per heavy atom. The van der Waals surface area contributed by atoms with Gasteiger partial charge in [0.1, 0.15) is 0 Å². The monoisotopic (exact) mass is 203 g/mol. The van der Waals surface area contributed by atoms with Gasteiger partial charge in [0.05, 0.1) is 0 Å². The normalized spacial score (nSPS) is 26.9. The van der Waals surface area contributed by atoms with Crippen LogP contribution < -0.4 is 0 Å². The summed E-state index contributed by atoms with van der Waals surface area (Å²) in [6.45, 7) is 0. The van der Waals surface area contributed by atoms with Gasteiger partial charge in [-0.1, -0.05) is 30.3 Å². The Hall–Kier alpha value is -0.820. The first kappa shape index (κ1) is 10.7. The predicted octanol–water partition coefficient (Wildman–Crippen LogP) is 3.27. The van der Waals surface area contributed by atoms with E-state index in [1.165, 1.54) is 31.2 Å². The quantitative estimate of drug-likeness (QED) is 0.713. The summed E-state index contributed by atoms with van der Waals surface area (Å²) >= 11 is 0. The van der Waals surface area contributed by atoms with Gasteiger partial charge in [0.2, 0.25) is 0 Å². The highest BCUT2D eigenvalue weighted by atomic mass is 15.1. The molecular formula is C14H21N. The first-order valence-corrected chi connectivity index (χ1v) is 5.98. The Balaban J connectivity index is 1.94. The summed E-state index contributed by atoms with van der Waals surface area (Å²) in [5, 5.41) is 0. The molecule has 2 rings (SSSR count). The summed E-state index contributed by atoms with van der Waals surface area (Å²) in [6, 6.07) is 11.8. The molecule has 0 atom stereocenters. The molecule has 0 radical (unpaired) electrons. The zero-order valence-corrected chi connectivity index (χ0v) is 9.82. The van der Waals surface area contributed by atoms with E-state index in [2.05, 4.69) is 49.3 Å². The predicted molar refractivity (Wildman–Crippen MR) is 65.1 cm³/mol. The van der Waals surface area contributed by atoms with Crippen molar-refractivity contribution in [3.05, 3.63) is 35.9 Å². The molecule has 0 spiro atoms. The SMILES string of the molecule is CN(C)C1CCC(c2ccccc2)CC1. The lowest BCUT2D eigenvalue weighted by Crippen LogP contribution is -2.31. The molecule has 1 fully saturated rings. The van der Waals surface area contributed by atoms with Gasteiger partial charge >= 0.3 is 0 Å². The van der Waals surface area contributed by atoms with E-state index in [9.17, 15) is 0 Å². The van der Waals surface area contributed by atoms with Crippen LogP contribution in [-0.2, 0) is 0 Å². The average Bonchev–Trinajstić information content (AvgIpc) is 2.30. The van der Waals surface area contributed by atoms with Crippen LogP contribution in [0.25, 0.3) is 0 Å². The maximum atomic E-state index is 2.38. The molecule has 0 heterocycles. The summed E-state index contributed by atoms with van der Waals surface area (Å²) in [5.41, 5.74) is 1.54. The number of nitrogens with zero attached hydrogens (tertiary/aromatic N) is 1. The van der Waals surface area contributed by atoms with Crippen molar-refractivity contribution in [2.45, 2.75) is 37.6 Å².